The van der Waals surface area contributed by atoms with Crippen molar-refractivity contribution in [1.82, 2.24) is 5.32 Å². The van der Waals surface area contributed by atoms with E-state index in [4.69, 9.17) is 0 Å². The lowest BCUT2D eigenvalue weighted by molar-refractivity contribution is 0.164. The fraction of sp³-hybridized carbons (Fsp3) is 0.500. The largest absolute Gasteiger partial charge is 0.388 e. The molecular weight excluding hydrogens is 174 g/mol. The van der Waals surface area contributed by atoms with Gasteiger partial charge in [-0.3, -0.25) is 0 Å². The van der Waals surface area contributed by atoms with Gasteiger partial charge in [-0.2, -0.15) is 0 Å². The third-order valence-corrected chi connectivity index (χ3v) is 2.27. The Bertz CT molecular complexity index is 235. The summed E-state index contributed by atoms with van der Waals surface area (Å²) in [5, 5.41) is 13.0. The normalized spacial score (nSPS) is 12.7. The summed E-state index contributed by atoms with van der Waals surface area (Å²) in [6, 6.07) is 9.83. The molecule has 2 nitrogen and oxygen atoms in total. The first-order chi connectivity index (χ1) is 6.84. The molecule has 78 valence electrons. The van der Waals surface area contributed by atoms with Crippen LogP contribution in [0.15, 0.2) is 30.3 Å². The van der Waals surface area contributed by atoms with Crippen LogP contribution < -0.4 is 5.32 Å². The zero-order valence-electron chi connectivity index (χ0n) is 8.74. The van der Waals surface area contributed by atoms with Gasteiger partial charge in [0, 0.05) is 0 Å². The zero-order valence-corrected chi connectivity index (χ0v) is 8.74. The van der Waals surface area contributed by atoms with Crippen LogP contribution in [0.3, 0.4) is 0 Å². The summed E-state index contributed by atoms with van der Waals surface area (Å²) >= 11 is 0. The Morgan fingerprint density at radius 2 is 2.00 bits per heavy atom. The van der Waals surface area contributed by atoms with Gasteiger partial charge in [-0.05, 0) is 31.5 Å². The molecule has 2 N–H and O–H groups in total. The summed E-state index contributed by atoms with van der Waals surface area (Å²) in [5.41, 5.74) is 1.02. The predicted molar refractivity (Wildman–Crippen MR) is 59.2 cm³/mol. The zero-order chi connectivity index (χ0) is 10.2. The minimum atomic E-state index is -0.310. The first kappa shape index (κ1) is 11.2. The van der Waals surface area contributed by atoms with Crippen molar-refractivity contribution in [2.45, 2.75) is 25.9 Å². The second-order valence-electron chi connectivity index (χ2n) is 3.42. The molecule has 1 atom stereocenters. The van der Waals surface area contributed by atoms with E-state index in [0.717, 1.165) is 31.5 Å². The standard InChI is InChI=1S/C12H19NO/c1-2-13-10-6-9-12(14)11-7-4-3-5-8-11/h3-5,7-8,12-14H,2,6,9-10H2,1H3. The average Bonchev–Trinajstić information content (AvgIpc) is 2.25. The van der Waals surface area contributed by atoms with Crippen molar-refractivity contribution in [2.75, 3.05) is 13.1 Å². The number of hydrogen-bond acceptors (Lipinski definition) is 2. The molecule has 0 aliphatic heterocycles. The van der Waals surface area contributed by atoms with Crippen LogP contribution >= 0.6 is 0 Å². The van der Waals surface area contributed by atoms with E-state index in [0.29, 0.717) is 0 Å². The van der Waals surface area contributed by atoms with Gasteiger partial charge in [-0.25, -0.2) is 0 Å². The second kappa shape index (κ2) is 6.57. The van der Waals surface area contributed by atoms with Gasteiger partial charge in [-0.1, -0.05) is 37.3 Å². The van der Waals surface area contributed by atoms with Gasteiger partial charge in [0.05, 0.1) is 6.10 Å². The highest BCUT2D eigenvalue weighted by Gasteiger charge is 2.05. The average molecular weight is 193 g/mol. The fourth-order valence-electron chi connectivity index (χ4n) is 1.44. The van der Waals surface area contributed by atoms with Crippen molar-refractivity contribution in [3.63, 3.8) is 0 Å². The fourth-order valence-corrected chi connectivity index (χ4v) is 1.44. The Kier molecular flexibility index (Phi) is 5.27. The smallest absolute Gasteiger partial charge is 0.0790 e. The van der Waals surface area contributed by atoms with Gasteiger partial charge in [0.2, 0.25) is 0 Å². The number of hydrogen-bond donors (Lipinski definition) is 2. The summed E-state index contributed by atoms with van der Waals surface area (Å²) in [5.74, 6) is 0. The maximum absolute atomic E-state index is 9.79. The van der Waals surface area contributed by atoms with Crippen molar-refractivity contribution in [3.8, 4) is 0 Å². The van der Waals surface area contributed by atoms with E-state index in [1.165, 1.54) is 0 Å². The first-order valence-corrected chi connectivity index (χ1v) is 5.28. The summed E-state index contributed by atoms with van der Waals surface area (Å²) in [6.45, 7) is 4.08. The molecule has 0 aliphatic carbocycles. The summed E-state index contributed by atoms with van der Waals surface area (Å²) in [4.78, 5) is 0. The van der Waals surface area contributed by atoms with Crippen molar-refractivity contribution < 1.29 is 5.11 Å². The molecule has 2 heteroatoms. The van der Waals surface area contributed by atoms with Crippen LogP contribution in [0.25, 0.3) is 0 Å². The Hall–Kier alpha value is -0.860. The van der Waals surface area contributed by atoms with Crippen molar-refractivity contribution in [3.05, 3.63) is 35.9 Å². The van der Waals surface area contributed by atoms with Crippen molar-refractivity contribution in [1.29, 1.82) is 0 Å². The van der Waals surface area contributed by atoms with E-state index in [-0.39, 0.29) is 6.10 Å². The lowest BCUT2D eigenvalue weighted by Crippen LogP contribution is -2.14. The topological polar surface area (TPSA) is 32.3 Å². The van der Waals surface area contributed by atoms with Crippen LogP contribution in [0.2, 0.25) is 0 Å². The minimum Gasteiger partial charge on any atom is -0.388 e. The molecule has 0 heterocycles. The van der Waals surface area contributed by atoms with Gasteiger partial charge in [0.25, 0.3) is 0 Å². The molecule has 0 amide bonds. The molecule has 1 aromatic carbocycles. The van der Waals surface area contributed by atoms with Gasteiger partial charge < -0.3 is 10.4 Å². The molecular formula is C12H19NO. The third kappa shape index (κ3) is 3.90. The summed E-state index contributed by atoms with van der Waals surface area (Å²) in [6.07, 6.45) is 1.54. The minimum absolute atomic E-state index is 0.310. The third-order valence-electron chi connectivity index (χ3n) is 2.27. The van der Waals surface area contributed by atoms with Crippen molar-refractivity contribution >= 4 is 0 Å². The Labute approximate surface area is 86.0 Å². The first-order valence-electron chi connectivity index (χ1n) is 5.28. The van der Waals surface area contributed by atoms with E-state index >= 15 is 0 Å². The lowest BCUT2D eigenvalue weighted by atomic mass is 10.1. The van der Waals surface area contributed by atoms with Gasteiger partial charge in [0.15, 0.2) is 0 Å². The maximum atomic E-state index is 9.79. The highest BCUT2D eigenvalue weighted by molar-refractivity contribution is 5.16. The Balaban J connectivity index is 2.25. The predicted octanol–water partition coefficient (Wildman–Crippen LogP) is 2.11. The molecule has 0 saturated heterocycles. The van der Waals surface area contributed by atoms with Gasteiger partial charge in [-0.15, -0.1) is 0 Å². The molecule has 1 aromatic rings. The molecule has 0 fully saturated rings. The van der Waals surface area contributed by atoms with E-state index < -0.39 is 0 Å². The van der Waals surface area contributed by atoms with Crippen LogP contribution in [-0.4, -0.2) is 18.2 Å². The van der Waals surface area contributed by atoms with Crippen LogP contribution in [-0.2, 0) is 0 Å². The number of rotatable bonds is 6. The summed E-state index contributed by atoms with van der Waals surface area (Å²) in [7, 11) is 0. The van der Waals surface area contributed by atoms with E-state index in [9.17, 15) is 5.11 Å². The van der Waals surface area contributed by atoms with Crippen LogP contribution in [0.1, 0.15) is 31.4 Å². The number of aliphatic hydroxyl groups is 1. The van der Waals surface area contributed by atoms with Crippen LogP contribution in [0, 0.1) is 0 Å². The van der Waals surface area contributed by atoms with Gasteiger partial charge in [0.1, 0.15) is 0 Å². The number of aliphatic hydroxyl groups excluding tert-OH is 1. The maximum Gasteiger partial charge on any atom is 0.0790 e. The molecule has 0 saturated carbocycles. The molecule has 1 rings (SSSR count). The molecule has 0 aliphatic rings. The Morgan fingerprint density at radius 1 is 1.29 bits per heavy atom. The van der Waals surface area contributed by atoms with Crippen LogP contribution in [0.4, 0.5) is 0 Å². The molecule has 1 unspecified atom stereocenters. The van der Waals surface area contributed by atoms with E-state index in [1.807, 2.05) is 30.3 Å². The van der Waals surface area contributed by atoms with Crippen LogP contribution in [0.5, 0.6) is 0 Å². The highest BCUT2D eigenvalue weighted by atomic mass is 16.3. The SMILES string of the molecule is CCNCCCC(O)c1ccccc1. The number of benzene rings is 1. The summed E-state index contributed by atoms with van der Waals surface area (Å²) < 4.78 is 0. The lowest BCUT2D eigenvalue weighted by Gasteiger charge is -2.10. The number of nitrogens with one attached hydrogen (secondary N) is 1. The highest BCUT2D eigenvalue weighted by Crippen LogP contribution is 2.16. The monoisotopic (exact) mass is 193 g/mol. The van der Waals surface area contributed by atoms with E-state index in [2.05, 4.69) is 12.2 Å². The molecule has 0 bridgehead atoms. The second-order valence-corrected chi connectivity index (χ2v) is 3.42. The quantitative estimate of drug-likeness (QED) is 0.678. The Morgan fingerprint density at radius 3 is 2.64 bits per heavy atom. The van der Waals surface area contributed by atoms with E-state index in [1.54, 1.807) is 0 Å². The molecule has 14 heavy (non-hydrogen) atoms. The van der Waals surface area contributed by atoms with Crippen molar-refractivity contribution in [2.24, 2.45) is 0 Å². The molecule has 0 spiro atoms. The van der Waals surface area contributed by atoms with Gasteiger partial charge >= 0.3 is 0 Å². The molecule has 0 radical (unpaired) electrons. The molecule has 0 aromatic heterocycles.